The molecular weight excluding hydrogens is 359 g/mol. The van der Waals surface area contributed by atoms with Crippen molar-refractivity contribution in [2.24, 2.45) is 0 Å². The lowest BCUT2D eigenvalue weighted by molar-refractivity contribution is 0.713. The highest BCUT2D eigenvalue weighted by Crippen LogP contribution is 2.26. The van der Waals surface area contributed by atoms with Gasteiger partial charge in [0, 0.05) is 5.02 Å². The van der Waals surface area contributed by atoms with Crippen molar-refractivity contribution in [1.82, 2.24) is 5.32 Å². The van der Waals surface area contributed by atoms with Crippen LogP contribution < -0.4 is 10.6 Å². The van der Waals surface area contributed by atoms with Crippen LogP contribution in [0.15, 0.2) is 42.5 Å². The van der Waals surface area contributed by atoms with Gasteiger partial charge in [0.2, 0.25) is 0 Å². The minimum absolute atomic E-state index is 0.0991. The number of anilines is 1. The van der Waals surface area contributed by atoms with E-state index in [4.69, 9.17) is 35.4 Å². The molecule has 0 aliphatic heterocycles. The predicted molar refractivity (Wildman–Crippen MR) is 109 cm³/mol. The molecule has 5 heteroatoms. The third-order valence-corrected chi connectivity index (χ3v) is 4.91. The molecule has 0 aliphatic rings. The highest BCUT2D eigenvalue weighted by Gasteiger charge is 2.10. The molecule has 2 aromatic rings. The van der Waals surface area contributed by atoms with Crippen molar-refractivity contribution in [3.05, 3.63) is 63.6 Å². The van der Waals surface area contributed by atoms with Gasteiger partial charge in [0.05, 0.1) is 16.8 Å². The van der Waals surface area contributed by atoms with E-state index in [1.54, 1.807) is 12.1 Å². The first-order valence-electron chi connectivity index (χ1n) is 8.03. The van der Waals surface area contributed by atoms with Gasteiger partial charge in [-0.1, -0.05) is 61.3 Å². The molecule has 128 valence electrons. The van der Waals surface area contributed by atoms with E-state index < -0.39 is 0 Å². The molecule has 0 saturated heterocycles. The molecule has 2 N–H and O–H groups in total. The smallest absolute Gasteiger partial charge is 0.171 e. The summed E-state index contributed by atoms with van der Waals surface area (Å²) in [5.41, 5.74) is 3.29. The molecule has 0 unspecified atom stereocenters. The molecule has 0 fully saturated rings. The van der Waals surface area contributed by atoms with Gasteiger partial charge >= 0.3 is 0 Å². The zero-order chi connectivity index (χ0) is 17.7. The maximum absolute atomic E-state index is 6.15. The van der Waals surface area contributed by atoms with Crippen LogP contribution >= 0.6 is 35.4 Å². The Morgan fingerprint density at radius 2 is 1.67 bits per heavy atom. The third-order valence-electron chi connectivity index (χ3n) is 4.14. The second-order valence-electron chi connectivity index (χ2n) is 5.92. The molecule has 2 aromatic carbocycles. The fourth-order valence-electron chi connectivity index (χ4n) is 2.38. The Labute approximate surface area is 159 Å². The average Bonchev–Trinajstić information content (AvgIpc) is 2.56. The second-order valence-corrected chi connectivity index (χ2v) is 7.17. The number of thiocarbonyl (C=S) groups is 1. The van der Waals surface area contributed by atoms with Crippen molar-refractivity contribution in [3.8, 4) is 0 Å². The van der Waals surface area contributed by atoms with Gasteiger partial charge < -0.3 is 10.6 Å². The van der Waals surface area contributed by atoms with Gasteiger partial charge in [0.1, 0.15) is 0 Å². The Kier molecular flexibility index (Phi) is 6.90. The lowest BCUT2D eigenvalue weighted by Crippen LogP contribution is -2.31. The number of nitrogens with one attached hydrogen (secondary N) is 2. The van der Waals surface area contributed by atoms with E-state index in [2.05, 4.69) is 55.7 Å². The molecule has 24 heavy (non-hydrogen) atoms. The standard InChI is InChI=1S/C19H22Cl2N2S/c1-4-12(2)14-5-7-15(8-6-14)13(3)22-19(24)23-18-10-9-16(20)11-17(18)21/h5-13H,4H2,1-3H3,(H2,22,23,24)/t12-,13+/m1/s1. The highest BCUT2D eigenvalue weighted by molar-refractivity contribution is 7.80. The quantitative estimate of drug-likeness (QED) is 0.574. The van der Waals surface area contributed by atoms with E-state index in [1.165, 1.54) is 11.1 Å². The minimum Gasteiger partial charge on any atom is -0.356 e. The zero-order valence-electron chi connectivity index (χ0n) is 14.1. The van der Waals surface area contributed by atoms with Crippen molar-refractivity contribution in [2.75, 3.05) is 5.32 Å². The molecule has 0 heterocycles. The van der Waals surface area contributed by atoms with E-state index in [0.29, 0.717) is 21.1 Å². The minimum atomic E-state index is 0.0991. The summed E-state index contributed by atoms with van der Waals surface area (Å²) in [5, 5.41) is 8.05. The van der Waals surface area contributed by atoms with E-state index in [9.17, 15) is 0 Å². The molecule has 0 bridgehead atoms. The summed E-state index contributed by atoms with van der Waals surface area (Å²) in [4.78, 5) is 0. The van der Waals surface area contributed by atoms with Crippen LogP contribution in [-0.2, 0) is 0 Å². The van der Waals surface area contributed by atoms with Crippen molar-refractivity contribution < 1.29 is 0 Å². The van der Waals surface area contributed by atoms with Crippen molar-refractivity contribution in [3.63, 3.8) is 0 Å². The monoisotopic (exact) mass is 380 g/mol. The maximum atomic E-state index is 6.15. The first-order valence-corrected chi connectivity index (χ1v) is 9.19. The molecule has 0 aliphatic carbocycles. The van der Waals surface area contributed by atoms with Crippen molar-refractivity contribution in [1.29, 1.82) is 0 Å². The first-order chi connectivity index (χ1) is 11.4. The molecule has 2 rings (SSSR count). The van der Waals surface area contributed by atoms with Gasteiger partial charge in [0.25, 0.3) is 0 Å². The van der Waals surface area contributed by atoms with Crippen LogP contribution in [-0.4, -0.2) is 5.11 Å². The number of rotatable bonds is 5. The van der Waals surface area contributed by atoms with Gasteiger partial charge in [-0.3, -0.25) is 0 Å². The largest absolute Gasteiger partial charge is 0.356 e. The molecule has 2 atom stereocenters. The van der Waals surface area contributed by atoms with Crippen LogP contribution in [0.3, 0.4) is 0 Å². The van der Waals surface area contributed by atoms with Gasteiger partial charge in [-0.25, -0.2) is 0 Å². The number of halogens is 2. The van der Waals surface area contributed by atoms with E-state index in [1.807, 2.05) is 6.07 Å². The highest BCUT2D eigenvalue weighted by atomic mass is 35.5. The number of hydrogen-bond acceptors (Lipinski definition) is 1. The molecule has 0 spiro atoms. The summed E-state index contributed by atoms with van der Waals surface area (Å²) < 4.78 is 0. The average molecular weight is 381 g/mol. The maximum Gasteiger partial charge on any atom is 0.171 e. The first kappa shape index (κ1) is 19.0. The van der Waals surface area contributed by atoms with Crippen LogP contribution in [0.4, 0.5) is 5.69 Å². The summed E-state index contributed by atoms with van der Waals surface area (Å²) in [7, 11) is 0. The van der Waals surface area contributed by atoms with Crippen molar-refractivity contribution >= 4 is 46.2 Å². The van der Waals surface area contributed by atoms with E-state index in [-0.39, 0.29) is 6.04 Å². The molecule has 0 amide bonds. The van der Waals surface area contributed by atoms with Crippen LogP contribution in [0.1, 0.15) is 50.3 Å². The Hall–Kier alpha value is -1.29. The molecule has 2 nitrogen and oxygen atoms in total. The Morgan fingerprint density at radius 3 is 2.25 bits per heavy atom. The molecule has 0 aromatic heterocycles. The zero-order valence-corrected chi connectivity index (χ0v) is 16.4. The van der Waals surface area contributed by atoms with Crippen molar-refractivity contribution in [2.45, 2.75) is 39.2 Å². The van der Waals surface area contributed by atoms with Crippen LogP contribution in [0.2, 0.25) is 10.0 Å². The lowest BCUT2D eigenvalue weighted by Gasteiger charge is -2.19. The summed E-state index contributed by atoms with van der Waals surface area (Å²) in [6.07, 6.45) is 1.14. The lowest BCUT2D eigenvalue weighted by atomic mass is 9.96. The summed E-state index contributed by atoms with van der Waals surface area (Å²) >= 11 is 17.4. The normalized spacial score (nSPS) is 13.2. The second kappa shape index (κ2) is 8.70. The Balaban J connectivity index is 1.98. The summed E-state index contributed by atoms with van der Waals surface area (Å²) in [6.45, 7) is 6.52. The topological polar surface area (TPSA) is 24.1 Å². The summed E-state index contributed by atoms with van der Waals surface area (Å²) in [6, 6.07) is 14.0. The van der Waals surface area contributed by atoms with E-state index >= 15 is 0 Å². The molecular formula is C19H22Cl2N2S. The van der Waals surface area contributed by atoms with Gasteiger partial charge in [-0.2, -0.15) is 0 Å². The fraction of sp³-hybridized carbons (Fsp3) is 0.316. The fourth-order valence-corrected chi connectivity index (χ4v) is 3.12. The molecule has 0 radical (unpaired) electrons. The van der Waals surface area contributed by atoms with Gasteiger partial charge in [0.15, 0.2) is 5.11 Å². The van der Waals surface area contributed by atoms with Crippen LogP contribution in [0.25, 0.3) is 0 Å². The third kappa shape index (κ3) is 5.10. The molecule has 0 saturated carbocycles. The number of benzene rings is 2. The van der Waals surface area contributed by atoms with Gasteiger partial charge in [-0.15, -0.1) is 0 Å². The van der Waals surface area contributed by atoms with Crippen LogP contribution in [0.5, 0.6) is 0 Å². The Morgan fingerprint density at radius 1 is 1.04 bits per heavy atom. The Bertz CT molecular complexity index is 701. The predicted octanol–water partition coefficient (Wildman–Crippen LogP) is 6.55. The van der Waals surface area contributed by atoms with Crippen LogP contribution in [0, 0.1) is 0 Å². The van der Waals surface area contributed by atoms with Gasteiger partial charge in [-0.05, 0) is 60.8 Å². The SMILES string of the molecule is CC[C@@H](C)c1ccc([C@H](C)NC(=S)Nc2ccc(Cl)cc2Cl)cc1. The summed E-state index contributed by atoms with van der Waals surface area (Å²) in [5.74, 6) is 0.581. The van der Waals surface area contributed by atoms with E-state index in [0.717, 1.165) is 12.1 Å². The number of hydrogen-bond donors (Lipinski definition) is 2.